The van der Waals surface area contributed by atoms with E-state index in [9.17, 15) is 4.79 Å². The maximum Gasteiger partial charge on any atom is 0.255 e. The van der Waals surface area contributed by atoms with E-state index in [0.29, 0.717) is 12.4 Å². The van der Waals surface area contributed by atoms with Gasteiger partial charge in [-0.25, -0.2) is 4.98 Å². The number of aryl methyl sites for hydroxylation is 1. The van der Waals surface area contributed by atoms with E-state index in [-0.39, 0.29) is 5.56 Å². The number of nitrogens with zero attached hydrogens (tertiary/aromatic N) is 2. The van der Waals surface area contributed by atoms with E-state index < -0.39 is 0 Å². The van der Waals surface area contributed by atoms with Crippen molar-refractivity contribution < 1.29 is 0 Å². The third-order valence-electron chi connectivity index (χ3n) is 3.62. The Balaban J connectivity index is 1.83. The zero-order valence-corrected chi connectivity index (χ0v) is 12.9. The van der Waals surface area contributed by atoms with E-state index in [1.54, 1.807) is 0 Å². The first-order valence-electron chi connectivity index (χ1n) is 6.68. The van der Waals surface area contributed by atoms with Gasteiger partial charge in [0.25, 0.3) is 5.56 Å². The van der Waals surface area contributed by atoms with Crippen LogP contribution in [0.25, 0.3) is 0 Å². The Morgan fingerprint density at radius 1 is 1.40 bits per heavy atom. The van der Waals surface area contributed by atoms with Crippen LogP contribution in [0.15, 0.2) is 33.5 Å². The lowest BCUT2D eigenvalue weighted by molar-refractivity contribution is 0.241. The van der Waals surface area contributed by atoms with Crippen LogP contribution in [-0.4, -0.2) is 21.4 Å². The summed E-state index contributed by atoms with van der Waals surface area (Å²) in [5.74, 6) is 0.702. The van der Waals surface area contributed by atoms with E-state index in [2.05, 4.69) is 36.9 Å². The van der Waals surface area contributed by atoms with Gasteiger partial charge < -0.3 is 4.98 Å². The van der Waals surface area contributed by atoms with Gasteiger partial charge in [-0.15, -0.1) is 0 Å². The Morgan fingerprint density at radius 3 is 3.00 bits per heavy atom. The summed E-state index contributed by atoms with van der Waals surface area (Å²) in [4.78, 5) is 21.5. The van der Waals surface area contributed by atoms with Gasteiger partial charge >= 0.3 is 0 Å². The standard InChI is InChI=1S/C15H16BrN3O/c1-10-17-14-6-7-19(9-12(14)15(20)18-10)8-11-4-2-3-5-13(11)16/h2-5H,6-9H2,1H3,(H,17,18,20). The molecule has 1 aromatic carbocycles. The number of halogens is 1. The Bertz CT molecular complexity index is 696. The molecule has 104 valence electrons. The van der Waals surface area contributed by atoms with Crippen LogP contribution in [0.3, 0.4) is 0 Å². The predicted molar refractivity (Wildman–Crippen MR) is 81.6 cm³/mol. The van der Waals surface area contributed by atoms with Crippen LogP contribution in [-0.2, 0) is 19.5 Å². The van der Waals surface area contributed by atoms with Crippen molar-refractivity contribution in [2.75, 3.05) is 6.54 Å². The number of aromatic amines is 1. The Hall–Kier alpha value is -1.46. The van der Waals surface area contributed by atoms with Crippen LogP contribution >= 0.6 is 15.9 Å². The minimum absolute atomic E-state index is 0.00401. The number of nitrogens with one attached hydrogen (secondary N) is 1. The Kier molecular flexibility index (Phi) is 3.72. The van der Waals surface area contributed by atoms with Gasteiger partial charge in [0.15, 0.2) is 0 Å². The van der Waals surface area contributed by atoms with Gasteiger partial charge in [0, 0.05) is 30.5 Å². The van der Waals surface area contributed by atoms with Crippen molar-refractivity contribution in [2.24, 2.45) is 0 Å². The van der Waals surface area contributed by atoms with Crippen LogP contribution in [0.5, 0.6) is 0 Å². The number of aromatic nitrogens is 2. The zero-order valence-electron chi connectivity index (χ0n) is 11.3. The molecule has 0 aliphatic carbocycles. The van der Waals surface area contributed by atoms with Crippen molar-refractivity contribution in [2.45, 2.75) is 26.4 Å². The van der Waals surface area contributed by atoms with Gasteiger partial charge in [0.1, 0.15) is 5.82 Å². The molecule has 1 aliphatic heterocycles. The van der Waals surface area contributed by atoms with Gasteiger partial charge in [-0.05, 0) is 18.6 Å². The van der Waals surface area contributed by atoms with Crippen molar-refractivity contribution in [3.63, 3.8) is 0 Å². The highest BCUT2D eigenvalue weighted by Crippen LogP contribution is 2.21. The summed E-state index contributed by atoms with van der Waals surface area (Å²) in [6.07, 6.45) is 0.838. The van der Waals surface area contributed by atoms with Crippen molar-refractivity contribution in [3.05, 3.63) is 61.7 Å². The molecule has 1 N–H and O–H groups in total. The number of fused-ring (bicyclic) bond motifs is 1. The van der Waals surface area contributed by atoms with Crippen LogP contribution in [0.2, 0.25) is 0 Å². The van der Waals surface area contributed by atoms with Crippen LogP contribution in [0, 0.1) is 6.92 Å². The monoisotopic (exact) mass is 333 g/mol. The molecule has 0 saturated carbocycles. The lowest BCUT2D eigenvalue weighted by Crippen LogP contribution is -2.35. The van der Waals surface area contributed by atoms with Gasteiger partial charge in [-0.2, -0.15) is 0 Å². The normalized spacial score (nSPS) is 15.1. The van der Waals surface area contributed by atoms with Crippen molar-refractivity contribution in [1.82, 2.24) is 14.9 Å². The van der Waals surface area contributed by atoms with Crippen LogP contribution in [0.4, 0.5) is 0 Å². The second kappa shape index (κ2) is 5.50. The predicted octanol–water partition coefficient (Wildman–Crippen LogP) is 2.40. The first-order valence-corrected chi connectivity index (χ1v) is 7.47. The average Bonchev–Trinajstić information content (AvgIpc) is 2.42. The van der Waals surface area contributed by atoms with Crippen molar-refractivity contribution in [1.29, 1.82) is 0 Å². The molecule has 0 bridgehead atoms. The highest BCUT2D eigenvalue weighted by atomic mass is 79.9. The van der Waals surface area contributed by atoms with E-state index in [0.717, 1.165) is 35.2 Å². The second-order valence-electron chi connectivity index (χ2n) is 5.13. The largest absolute Gasteiger partial charge is 0.310 e. The van der Waals surface area contributed by atoms with Crippen LogP contribution < -0.4 is 5.56 Å². The highest BCUT2D eigenvalue weighted by Gasteiger charge is 2.21. The first kappa shape index (κ1) is 13.5. The highest BCUT2D eigenvalue weighted by molar-refractivity contribution is 9.10. The molecule has 0 amide bonds. The Morgan fingerprint density at radius 2 is 2.20 bits per heavy atom. The van der Waals surface area contributed by atoms with Crippen molar-refractivity contribution >= 4 is 15.9 Å². The van der Waals surface area contributed by atoms with Gasteiger partial charge in [-0.1, -0.05) is 34.1 Å². The fraction of sp³-hybridized carbons (Fsp3) is 0.333. The molecule has 0 atom stereocenters. The van der Waals surface area contributed by atoms with E-state index in [1.807, 2.05) is 25.1 Å². The molecular formula is C15H16BrN3O. The molecule has 1 aliphatic rings. The minimum Gasteiger partial charge on any atom is -0.310 e. The lowest BCUT2D eigenvalue weighted by Gasteiger charge is -2.27. The SMILES string of the molecule is Cc1nc2c(c(=O)[nH]1)CN(Cc1ccccc1Br)CC2. The third kappa shape index (κ3) is 2.69. The molecule has 2 heterocycles. The van der Waals surface area contributed by atoms with Gasteiger partial charge in [0.2, 0.25) is 0 Å². The number of hydrogen-bond acceptors (Lipinski definition) is 3. The van der Waals surface area contributed by atoms with E-state index >= 15 is 0 Å². The molecule has 2 aromatic rings. The summed E-state index contributed by atoms with van der Waals surface area (Å²) in [6, 6.07) is 8.20. The molecule has 3 rings (SSSR count). The minimum atomic E-state index is 0.00401. The number of H-pyrrole nitrogens is 1. The summed E-state index contributed by atoms with van der Waals surface area (Å²) in [5.41, 5.74) is 3.01. The Labute approximate surface area is 126 Å². The molecular weight excluding hydrogens is 318 g/mol. The summed E-state index contributed by atoms with van der Waals surface area (Å²) < 4.78 is 1.11. The van der Waals surface area contributed by atoms with Crippen LogP contribution in [0.1, 0.15) is 22.6 Å². The number of hydrogen-bond donors (Lipinski definition) is 1. The zero-order chi connectivity index (χ0) is 14.1. The van der Waals surface area contributed by atoms with E-state index in [4.69, 9.17) is 0 Å². The molecule has 4 nitrogen and oxygen atoms in total. The van der Waals surface area contributed by atoms with Gasteiger partial charge in [0.05, 0.1) is 11.3 Å². The molecule has 0 saturated heterocycles. The smallest absolute Gasteiger partial charge is 0.255 e. The first-order chi connectivity index (χ1) is 9.63. The maximum atomic E-state index is 12.0. The molecule has 0 unspecified atom stereocenters. The fourth-order valence-corrected chi connectivity index (χ4v) is 3.02. The summed E-state index contributed by atoms with van der Waals surface area (Å²) in [6.45, 7) is 4.27. The summed E-state index contributed by atoms with van der Waals surface area (Å²) in [5, 5.41) is 0. The third-order valence-corrected chi connectivity index (χ3v) is 4.39. The fourth-order valence-electron chi connectivity index (χ4n) is 2.61. The molecule has 0 spiro atoms. The van der Waals surface area contributed by atoms with E-state index in [1.165, 1.54) is 5.56 Å². The van der Waals surface area contributed by atoms with Gasteiger partial charge in [-0.3, -0.25) is 9.69 Å². The summed E-state index contributed by atoms with van der Waals surface area (Å²) in [7, 11) is 0. The lowest BCUT2D eigenvalue weighted by atomic mass is 10.1. The molecule has 5 heteroatoms. The quantitative estimate of drug-likeness (QED) is 0.918. The molecule has 0 fully saturated rings. The number of benzene rings is 1. The average molecular weight is 334 g/mol. The molecule has 0 radical (unpaired) electrons. The second-order valence-corrected chi connectivity index (χ2v) is 5.98. The topological polar surface area (TPSA) is 49.0 Å². The summed E-state index contributed by atoms with van der Waals surface area (Å²) >= 11 is 3.57. The molecule has 1 aromatic heterocycles. The number of rotatable bonds is 2. The van der Waals surface area contributed by atoms with Crippen molar-refractivity contribution in [3.8, 4) is 0 Å². The maximum absolute atomic E-state index is 12.0. The molecule has 20 heavy (non-hydrogen) atoms.